The molecular weight excluding hydrogens is 326 g/mol. The third-order valence-corrected chi connectivity index (χ3v) is 5.69. The minimum atomic E-state index is -3.39. The van der Waals surface area contributed by atoms with Crippen LogP contribution in [0.5, 0.6) is 0 Å². The Morgan fingerprint density at radius 3 is 2.11 bits per heavy atom. The highest BCUT2D eigenvalue weighted by Crippen LogP contribution is 2.29. The highest BCUT2D eigenvalue weighted by Gasteiger charge is 2.27. The van der Waals surface area contributed by atoms with Gasteiger partial charge in [-0.3, -0.25) is 0 Å². The Labute approximate surface area is 124 Å². The van der Waals surface area contributed by atoms with Gasteiger partial charge in [0.1, 0.15) is 0 Å². The van der Waals surface area contributed by atoms with Crippen LogP contribution >= 0.6 is 15.9 Å². The van der Waals surface area contributed by atoms with Crippen LogP contribution in [0.2, 0.25) is 0 Å². The smallest absolute Gasteiger partial charge is 0.208 e. The molecule has 1 aromatic rings. The predicted octanol–water partition coefficient (Wildman–Crippen LogP) is 3.55. The number of rotatable bonds is 3. The van der Waals surface area contributed by atoms with Gasteiger partial charge >= 0.3 is 0 Å². The standard InChI is InChI=1S/C14H20BrNO2S/c1-10-7-11(2)9-13(8-10)16-19(17,18)14-5-3-12(15)4-6-14/h3-6,10-11,13,16H,7-9H2,1-2H3. The van der Waals surface area contributed by atoms with Crippen molar-refractivity contribution in [2.24, 2.45) is 11.8 Å². The fraction of sp³-hybridized carbons (Fsp3) is 0.571. The summed E-state index contributed by atoms with van der Waals surface area (Å²) in [4.78, 5) is 0.335. The van der Waals surface area contributed by atoms with Gasteiger partial charge in [0.05, 0.1) is 4.90 Å². The van der Waals surface area contributed by atoms with Gasteiger partial charge in [-0.05, 0) is 55.4 Å². The van der Waals surface area contributed by atoms with Gasteiger partial charge in [0.2, 0.25) is 10.0 Å². The molecule has 0 amide bonds. The van der Waals surface area contributed by atoms with Crippen molar-refractivity contribution < 1.29 is 8.42 Å². The Morgan fingerprint density at radius 1 is 1.05 bits per heavy atom. The van der Waals surface area contributed by atoms with E-state index in [0.717, 1.165) is 17.3 Å². The molecule has 1 aliphatic carbocycles. The SMILES string of the molecule is CC1CC(C)CC(NS(=O)(=O)c2ccc(Br)cc2)C1. The second-order valence-corrected chi connectivity index (χ2v) is 8.32. The second kappa shape index (κ2) is 5.94. The highest BCUT2D eigenvalue weighted by atomic mass is 79.9. The Balaban J connectivity index is 2.10. The molecule has 0 radical (unpaired) electrons. The summed E-state index contributed by atoms with van der Waals surface area (Å²) < 4.78 is 28.3. The molecule has 0 heterocycles. The van der Waals surface area contributed by atoms with Gasteiger partial charge in [0.15, 0.2) is 0 Å². The van der Waals surface area contributed by atoms with Gasteiger partial charge in [-0.15, -0.1) is 0 Å². The molecule has 1 aromatic carbocycles. The van der Waals surface area contributed by atoms with E-state index in [-0.39, 0.29) is 6.04 Å². The van der Waals surface area contributed by atoms with E-state index in [2.05, 4.69) is 34.5 Å². The van der Waals surface area contributed by atoms with E-state index in [4.69, 9.17) is 0 Å². The fourth-order valence-corrected chi connectivity index (χ4v) is 4.47. The first-order valence-electron chi connectivity index (χ1n) is 6.64. The number of benzene rings is 1. The average Bonchev–Trinajstić information content (AvgIpc) is 2.27. The lowest BCUT2D eigenvalue weighted by molar-refractivity contribution is 0.257. The first-order valence-corrected chi connectivity index (χ1v) is 8.92. The first-order chi connectivity index (χ1) is 8.87. The lowest BCUT2D eigenvalue weighted by atomic mass is 9.81. The molecule has 2 atom stereocenters. The summed E-state index contributed by atoms with van der Waals surface area (Å²) in [7, 11) is -3.39. The molecule has 0 spiro atoms. The summed E-state index contributed by atoms with van der Waals surface area (Å²) in [6.45, 7) is 4.38. The average molecular weight is 346 g/mol. The lowest BCUT2D eigenvalue weighted by Gasteiger charge is -2.31. The largest absolute Gasteiger partial charge is 0.240 e. The van der Waals surface area contributed by atoms with Crippen LogP contribution in [0.1, 0.15) is 33.1 Å². The van der Waals surface area contributed by atoms with E-state index in [9.17, 15) is 8.42 Å². The van der Waals surface area contributed by atoms with E-state index >= 15 is 0 Å². The molecular formula is C14H20BrNO2S. The summed E-state index contributed by atoms with van der Waals surface area (Å²) in [5, 5.41) is 0. The molecule has 1 saturated carbocycles. The monoisotopic (exact) mass is 345 g/mol. The van der Waals surface area contributed by atoms with E-state index < -0.39 is 10.0 Å². The van der Waals surface area contributed by atoms with Crippen molar-refractivity contribution in [1.82, 2.24) is 4.72 Å². The highest BCUT2D eigenvalue weighted by molar-refractivity contribution is 9.10. The van der Waals surface area contributed by atoms with E-state index in [1.54, 1.807) is 24.3 Å². The fourth-order valence-electron chi connectivity index (χ4n) is 2.94. The van der Waals surface area contributed by atoms with Crippen LogP contribution in [0.3, 0.4) is 0 Å². The van der Waals surface area contributed by atoms with Crippen LogP contribution in [0.15, 0.2) is 33.6 Å². The van der Waals surface area contributed by atoms with Gasteiger partial charge in [-0.25, -0.2) is 13.1 Å². The molecule has 1 fully saturated rings. The third kappa shape index (κ3) is 4.04. The Hall–Kier alpha value is -0.390. The maximum Gasteiger partial charge on any atom is 0.240 e. The number of hydrogen-bond donors (Lipinski definition) is 1. The minimum absolute atomic E-state index is 0.0624. The zero-order valence-electron chi connectivity index (χ0n) is 11.3. The number of halogens is 1. The molecule has 2 unspecified atom stereocenters. The van der Waals surface area contributed by atoms with Crippen molar-refractivity contribution in [3.63, 3.8) is 0 Å². The summed E-state index contributed by atoms with van der Waals surface area (Å²) in [5.74, 6) is 1.17. The third-order valence-electron chi connectivity index (χ3n) is 3.62. The molecule has 19 heavy (non-hydrogen) atoms. The van der Waals surface area contributed by atoms with Crippen LogP contribution in [0.25, 0.3) is 0 Å². The van der Waals surface area contributed by atoms with Crippen LogP contribution in [0, 0.1) is 11.8 Å². The summed E-state index contributed by atoms with van der Waals surface area (Å²) in [5.41, 5.74) is 0. The lowest BCUT2D eigenvalue weighted by Crippen LogP contribution is -2.39. The van der Waals surface area contributed by atoms with Gasteiger partial charge in [0, 0.05) is 10.5 Å². The second-order valence-electron chi connectivity index (χ2n) is 5.69. The van der Waals surface area contributed by atoms with Gasteiger partial charge < -0.3 is 0 Å². The predicted molar refractivity (Wildman–Crippen MR) is 80.4 cm³/mol. The van der Waals surface area contributed by atoms with Crippen molar-refractivity contribution in [2.75, 3.05) is 0 Å². The van der Waals surface area contributed by atoms with Crippen molar-refractivity contribution in [3.05, 3.63) is 28.7 Å². The zero-order chi connectivity index (χ0) is 14.0. The number of sulfonamides is 1. The van der Waals surface area contributed by atoms with E-state index in [0.29, 0.717) is 16.7 Å². The molecule has 0 aliphatic heterocycles. The molecule has 2 rings (SSSR count). The molecule has 0 saturated heterocycles. The van der Waals surface area contributed by atoms with Gasteiger partial charge in [0.25, 0.3) is 0 Å². The maximum atomic E-state index is 12.3. The van der Waals surface area contributed by atoms with Crippen molar-refractivity contribution in [1.29, 1.82) is 0 Å². The molecule has 106 valence electrons. The quantitative estimate of drug-likeness (QED) is 0.910. The summed E-state index contributed by atoms with van der Waals surface area (Å²) >= 11 is 3.31. The molecule has 3 nitrogen and oxygen atoms in total. The maximum absolute atomic E-state index is 12.3. The number of nitrogens with one attached hydrogen (secondary N) is 1. The van der Waals surface area contributed by atoms with Crippen LogP contribution in [0.4, 0.5) is 0 Å². The van der Waals surface area contributed by atoms with E-state index in [1.165, 1.54) is 6.42 Å². The zero-order valence-corrected chi connectivity index (χ0v) is 13.7. The normalized spacial score (nSPS) is 28.3. The van der Waals surface area contributed by atoms with E-state index in [1.807, 2.05) is 0 Å². The van der Waals surface area contributed by atoms with Gasteiger partial charge in [-0.1, -0.05) is 29.8 Å². The molecule has 1 aliphatic rings. The van der Waals surface area contributed by atoms with Gasteiger partial charge in [-0.2, -0.15) is 0 Å². The molecule has 0 bridgehead atoms. The van der Waals surface area contributed by atoms with Crippen molar-refractivity contribution in [3.8, 4) is 0 Å². The van der Waals surface area contributed by atoms with Crippen molar-refractivity contribution in [2.45, 2.75) is 44.0 Å². The van der Waals surface area contributed by atoms with Crippen LogP contribution in [-0.4, -0.2) is 14.5 Å². The molecule has 5 heteroatoms. The minimum Gasteiger partial charge on any atom is -0.208 e. The molecule has 0 aromatic heterocycles. The number of hydrogen-bond acceptors (Lipinski definition) is 2. The van der Waals surface area contributed by atoms with Crippen LogP contribution in [-0.2, 0) is 10.0 Å². The van der Waals surface area contributed by atoms with Crippen LogP contribution < -0.4 is 4.72 Å². The first kappa shape index (κ1) is 15.0. The topological polar surface area (TPSA) is 46.2 Å². The Bertz CT molecular complexity index is 517. The summed E-state index contributed by atoms with van der Waals surface area (Å²) in [6, 6.07) is 6.82. The summed E-state index contributed by atoms with van der Waals surface area (Å²) in [6.07, 6.45) is 3.05. The van der Waals surface area contributed by atoms with Crippen molar-refractivity contribution >= 4 is 26.0 Å². The Kier molecular flexibility index (Phi) is 4.69. The Morgan fingerprint density at radius 2 is 1.58 bits per heavy atom. The molecule has 1 N–H and O–H groups in total.